The first-order valence-corrected chi connectivity index (χ1v) is 5.56. The maximum atomic E-state index is 5.70. The third-order valence-corrected chi connectivity index (χ3v) is 2.79. The molecule has 0 aliphatic heterocycles. The Kier molecular flexibility index (Phi) is 3.13. The largest absolute Gasteiger partial charge is 0.362 e. The summed E-state index contributed by atoms with van der Waals surface area (Å²) in [5.74, 6) is 0.662. The highest BCUT2D eigenvalue weighted by atomic mass is 35.5. The second-order valence-electron chi connectivity index (χ2n) is 2.95. The highest BCUT2D eigenvalue weighted by Crippen LogP contribution is 2.13. The topological polar surface area (TPSA) is 50.7 Å². The Labute approximate surface area is 96.4 Å². The van der Waals surface area contributed by atoms with Crippen molar-refractivity contribution in [1.29, 1.82) is 0 Å². The van der Waals surface area contributed by atoms with Crippen LogP contribution in [0.25, 0.3) is 0 Å². The SMILES string of the molecule is Cc1cnc(CNc2cncc(Cl)n2)s1. The van der Waals surface area contributed by atoms with Crippen molar-refractivity contribution in [2.75, 3.05) is 5.32 Å². The molecule has 0 bridgehead atoms. The summed E-state index contributed by atoms with van der Waals surface area (Å²) >= 11 is 7.36. The average molecular weight is 241 g/mol. The first kappa shape index (κ1) is 10.3. The highest BCUT2D eigenvalue weighted by Gasteiger charge is 2.00. The van der Waals surface area contributed by atoms with Gasteiger partial charge in [0.2, 0.25) is 0 Å². The molecule has 0 aliphatic rings. The lowest BCUT2D eigenvalue weighted by Crippen LogP contribution is -2.01. The molecule has 0 fully saturated rings. The first-order chi connectivity index (χ1) is 7.24. The number of thiazole rings is 1. The van der Waals surface area contributed by atoms with Crippen molar-refractivity contribution in [3.63, 3.8) is 0 Å². The van der Waals surface area contributed by atoms with E-state index in [1.807, 2.05) is 13.1 Å². The molecule has 0 saturated heterocycles. The van der Waals surface area contributed by atoms with Gasteiger partial charge in [-0.05, 0) is 6.92 Å². The van der Waals surface area contributed by atoms with E-state index in [2.05, 4.69) is 20.3 Å². The molecule has 0 atom stereocenters. The molecule has 0 aromatic carbocycles. The van der Waals surface area contributed by atoms with Crippen molar-refractivity contribution in [1.82, 2.24) is 15.0 Å². The van der Waals surface area contributed by atoms with E-state index in [4.69, 9.17) is 11.6 Å². The minimum Gasteiger partial charge on any atom is -0.362 e. The minimum atomic E-state index is 0.385. The van der Waals surface area contributed by atoms with E-state index in [9.17, 15) is 0 Å². The van der Waals surface area contributed by atoms with Gasteiger partial charge in [0.05, 0.1) is 18.9 Å². The number of hydrogen-bond acceptors (Lipinski definition) is 5. The van der Waals surface area contributed by atoms with Crippen molar-refractivity contribution >= 4 is 28.8 Å². The summed E-state index contributed by atoms with van der Waals surface area (Å²) in [5, 5.41) is 4.51. The standard InChI is InChI=1S/C9H9ClN4S/c1-6-2-13-9(15-6)5-12-8-4-11-3-7(10)14-8/h2-4H,5H2,1H3,(H,12,14). The maximum absolute atomic E-state index is 5.70. The van der Waals surface area contributed by atoms with Crippen LogP contribution in [0.3, 0.4) is 0 Å². The third kappa shape index (κ3) is 2.87. The van der Waals surface area contributed by atoms with E-state index in [1.54, 1.807) is 17.5 Å². The van der Waals surface area contributed by atoms with Crippen LogP contribution in [0.2, 0.25) is 5.15 Å². The zero-order valence-electron chi connectivity index (χ0n) is 8.07. The third-order valence-electron chi connectivity index (χ3n) is 1.70. The molecule has 1 N–H and O–H groups in total. The molecule has 15 heavy (non-hydrogen) atoms. The fourth-order valence-electron chi connectivity index (χ4n) is 1.08. The van der Waals surface area contributed by atoms with Crippen molar-refractivity contribution in [2.24, 2.45) is 0 Å². The van der Waals surface area contributed by atoms with Crippen molar-refractivity contribution < 1.29 is 0 Å². The van der Waals surface area contributed by atoms with Gasteiger partial charge in [0, 0.05) is 11.1 Å². The number of aryl methyl sites for hydroxylation is 1. The van der Waals surface area contributed by atoms with Gasteiger partial charge in [-0.25, -0.2) is 9.97 Å². The van der Waals surface area contributed by atoms with E-state index in [1.165, 1.54) is 11.1 Å². The predicted octanol–water partition coefficient (Wildman–Crippen LogP) is 2.51. The van der Waals surface area contributed by atoms with Gasteiger partial charge in [0.1, 0.15) is 16.0 Å². The van der Waals surface area contributed by atoms with Gasteiger partial charge in [-0.3, -0.25) is 4.98 Å². The molecule has 0 saturated carbocycles. The Morgan fingerprint density at radius 3 is 2.93 bits per heavy atom. The second kappa shape index (κ2) is 4.55. The summed E-state index contributed by atoms with van der Waals surface area (Å²) in [6, 6.07) is 0. The van der Waals surface area contributed by atoms with Crippen LogP contribution >= 0.6 is 22.9 Å². The predicted molar refractivity (Wildman–Crippen MR) is 61.2 cm³/mol. The molecule has 2 aromatic rings. The number of rotatable bonds is 3. The van der Waals surface area contributed by atoms with E-state index in [-0.39, 0.29) is 0 Å². The summed E-state index contributed by atoms with van der Waals surface area (Å²) in [4.78, 5) is 13.4. The van der Waals surface area contributed by atoms with Crippen molar-refractivity contribution in [3.8, 4) is 0 Å². The highest BCUT2D eigenvalue weighted by molar-refractivity contribution is 7.11. The monoisotopic (exact) mass is 240 g/mol. The van der Waals surface area contributed by atoms with Crippen molar-refractivity contribution in [2.45, 2.75) is 13.5 Å². The molecule has 2 rings (SSSR count). The molecule has 0 spiro atoms. The summed E-state index contributed by atoms with van der Waals surface area (Å²) in [6.45, 7) is 2.67. The molecule has 2 heterocycles. The van der Waals surface area contributed by atoms with Gasteiger partial charge in [-0.1, -0.05) is 11.6 Å². The molecular formula is C9H9ClN4S. The Morgan fingerprint density at radius 1 is 1.40 bits per heavy atom. The molecule has 78 valence electrons. The quantitative estimate of drug-likeness (QED) is 0.896. The minimum absolute atomic E-state index is 0.385. The van der Waals surface area contributed by atoms with Crippen molar-refractivity contribution in [3.05, 3.63) is 33.6 Å². The Balaban J connectivity index is 1.99. The molecule has 0 radical (unpaired) electrons. The fraction of sp³-hybridized carbons (Fsp3) is 0.222. The van der Waals surface area contributed by atoms with Gasteiger partial charge in [-0.2, -0.15) is 0 Å². The number of hydrogen-bond donors (Lipinski definition) is 1. The molecule has 6 heteroatoms. The lowest BCUT2D eigenvalue weighted by molar-refractivity contribution is 1.06. The van der Waals surface area contributed by atoms with Crippen LogP contribution in [0, 0.1) is 6.92 Å². The van der Waals surface area contributed by atoms with Gasteiger partial charge < -0.3 is 5.32 Å². The number of anilines is 1. The second-order valence-corrected chi connectivity index (χ2v) is 4.65. The van der Waals surface area contributed by atoms with Crippen LogP contribution in [-0.2, 0) is 6.54 Å². The number of nitrogens with one attached hydrogen (secondary N) is 1. The average Bonchev–Trinajstić information content (AvgIpc) is 2.62. The molecule has 4 nitrogen and oxygen atoms in total. The van der Waals surface area contributed by atoms with Crippen LogP contribution in [0.4, 0.5) is 5.82 Å². The molecule has 0 unspecified atom stereocenters. The molecular weight excluding hydrogens is 232 g/mol. The lowest BCUT2D eigenvalue weighted by Gasteiger charge is -2.01. The Bertz CT molecular complexity index is 457. The van der Waals surface area contributed by atoms with E-state index < -0.39 is 0 Å². The summed E-state index contributed by atoms with van der Waals surface area (Å²) in [5.41, 5.74) is 0. The van der Waals surface area contributed by atoms with Gasteiger partial charge >= 0.3 is 0 Å². The fourth-order valence-corrected chi connectivity index (χ4v) is 1.95. The zero-order chi connectivity index (χ0) is 10.7. The summed E-state index contributed by atoms with van der Waals surface area (Å²) in [6.07, 6.45) is 4.98. The van der Waals surface area contributed by atoms with Crippen LogP contribution in [0.1, 0.15) is 9.88 Å². The normalized spacial score (nSPS) is 10.3. The maximum Gasteiger partial charge on any atom is 0.149 e. The van der Waals surface area contributed by atoms with Crippen LogP contribution in [-0.4, -0.2) is 15.0 Å². The van der Waals surface area contributed by atoms with E-state index in [0.717, 1.165) is 5.01 Å². The lowest BCUT2D eigenvalue weighted by atomic mass is 10.6. The zero-order valence-corrected chi connectivity index (χ0v) is 9.64. The smallest absolute Gasteiger partial charge is 0.149 e. The van der Waals surface area contributed by atoms with Crippen LogP contribution < -0.4 is 5.32 Å². The van der Waals surface area contributed by atoms with E-state index >= 15 is 0 Å². The Hall–Kier alpha value is -1.20. The molecule has 0 aliphatic carbocycles. The summed E-state index contributed by atoms with van der Waals surface area (Å²) < 4.78 is 0. The number of halogens is 1. The first-order valence-electron chi connectivity index (χ1n) is 4.37. The number of aromatic nitrogens is 3. The molecule has 2 aromatic heterocycles. The van der Waals surface area contributed by atoms with Gasteiger partial charge in [0.25, 0.3) is 0 Å². The van der Waals surface area contributed by atoms with E-state index in [0.29, 0.717) is 17.5 Å². The Morgan fingerprint density at radius 2 is 2.27 bits per heavy atom. The molecule has 0 amide bonds. The summed E-state index contributed by atoms with van der Waals surface area (Å²) in [7, 11) is 0. The van der Waals surface area contributed by atoms with Gasteiger partial charge in [0.15, 0.2) is 0 Å². The van der Waals surface area contributed by atoms with Crippen LogP contribution in [0.5, 0.6) is 0 Å². The number of nitrogens with zero attached hydrogens (tertiary/aromatic N) is 3. The van der Waals surface area contributed by atoms with Gasteiger partial charge in [-0.15, -0.1) is 11.3 Å². The van der Waals surface area contributed by atoms with Crippen LogP contribution in [0.15, 0.2) is 18.6 Å².